The lowest BCUT2D eigenvalue weighted by Crippen LogP contribution is -2.25. The summed E-state index contributed by atoms with van der Waals surface area (Å²) in [5, 5.41) is 7.78. The molecule has 2 aromatic rings. The molecule has 0 amide bonds. The highest BCUT2D eigenvalue weighted by atomic mass is 19.1. The molecule has 1 unspecified atom stereocenters. The number of aryl methyl sites for hydroxylation is 1. The van der Waals surface area contributed by atoms with Gasteiger partial charge in [-0.15, -0.1) is 0 Å². The van der Waals surface area contributed by atoms with E-state index in [0.29, 0.717) is 11.6 Å². The Bertz CT molecular complexity index is 571. The largest absolute Gasteiger partial charge is 0.314 e. The summed E-state index contributed by atoms with van der Waals surface area (Å²) in [7, 11) is 1.93. The Hall–Kier alpha value is -1.68. The number of halogens is 1. The maximum Gasteiger partial charge on any atom is 0.131 e. The van der Waals surface area contributed by atoms with Crippen LogP contribution < -0.4 is 5.32 Å². The van der Waals surface area contributed by atoms with Gasteiger partial charge in [-0.05, 0) is 25.5 Å². The lowest BCUT2D eigenvalue weighted by atomic mass is 10.0. The lowest BCUT2D eigenvalue weighted by molar-refractivity contribution is 0.570. The van der Waals surface area contributed by atoms with E-state index in [4.69, 9.17) is 0 Å². The Morgan fingerprint density at radius 3 is 2.95 bits per heavy atom. The predicted octanol–water partition coefficient (Wildman–Crippen LogP) is 2.52. The van der Waals surface area contributed by atoms with E-state index < -0.39 is 0 Å². The molecule has 0 spiro atoms. The number of nitrogens with one attached hydrogen (secondary N) is 1. The zero-order chi connectivity index (χ0) is 13.2. The molecule has 1 aliphatic rings. The van der Waals surface area contributed by atoms with Crippen LogP contribution in [0.3, 0.4) is 0 Å². The number of hydrogen-bond donors (Lipinski definition) is 1. The molecule has 1 atom stereocenters. The predicted molar refractivity (Wildman–Crippen MR) is 73.3 cm³/mol. The van der Waals surface area contributed by atoms with Gasteiger partial charge in [-0.2, -0.15) is 5.10 Å². The van der Waals surface area contributed by atoms with E-state index in [2.05, 4.69) is 10.4 Å². The van der Waals surface area contributed by atoms with Crippen LogP contribution in [0, 0.1) is 5.82 Å². The molecule has 0 radical (unpaired) electrons. The fourth-order valence-corrected chi connectivity index (χ4v) is 2.77. The zero-order valence-corrected chi connectivity index (χ0v) is 11.1. The molecule has 100 valence electrons. The molecule has 1 N–H and O–H groups in total. The van der Waals surface area contributed by atoms with Crippen LogP contribution in [0.25, 0.3) is 11.1 Å². The van der Waals surface area contributed by atoms with Crippen LogP contribution in [0.1, 0.15) is 18.5 Å². The maximum absolute atomic E-state index is 13.9. The third kappa shape index (κ3) is 2.40. The summed E-state index contributed by atoms with van der Waals surface area (Å²) in [5.41, 5.74) is 2.65. The molecule has 1 aliphatic heterocycles. The van der Waals surface area contributed by atoms with Crippen molar-refractivity contribution in [2.75, 3.05) is 6.54 Å². The molecule has 0 bridgehead atoms. The molecule has 3 nitrogen and oxygen atoms in total. The fourth-order valence-electron chi connectivity index (χ4n) is 2.77. The average Bonchev–Trinajstić information content (AvgIpc) is 3.03. The number of benzene rings is 1. The van der Waals surface area contributed by atoms with E-state index in [1.165, 1.54) is 18.9 Å². The minimum absolute atomic E-state index is 0.184. The number of hydrogen-bond acceptors (Lipinski definition) is 2. The Morgan fingerprint density at radius 2 is 2.21 bits per heavy atom. The van der Waals surface area contributed by atoms with E-state index in [-0.39, 0.29) is 5.82 Å². The van der Waals surface area contributed by atoms with Crippen LogP contribution in [-0.4, -0.2) is 22.4 Å². The first-order valence-electron chi connectivity index (χ1n) is 6.75. The first kappa shape index (κ1) is 12.4. The van der Waals surface area contributed by atoms with Gasteiger partial charge in [0, 0.05) is 36.3 Å². The van der Waals surface area contributed by atoms with Gasteiger partial charge in [0.15, 0.2) is 0 Å². The summed E-state index contributed by atoms with van der Waals surface area (Å²) >= 11 is 0. The second-order valence-corrected chi connectivity index (χ2v) is 5.11. The number of rotatable bonds is 3. The first-order chi connectivity index (χ1) is 9.25. The van der Waals surface area contributed by atoms with Crippen LogP contribution in [0.4, 0.5) is 4.39 Å². The third-order valence-electron chi connectivity index (χ3n) is 3.83. The van der Waals surface area contributed by atoms with Crippen molar-refractivity contribution in [3.8, 4) is 11.1 Å². The SMILES string of the molecule is Cn1ncc(-c2ccccc2F)c1CC1CCCN1. The normalized spacial score (nSPS) is 18.9. The van der Waals surface area contributed by atoms with Gasteiger partial charge >= 0.3 is 0 Å². The maximum atomic E-state index is 13.9. The lowest BCUT2D eigenvalue weighted by Gasteiger charge is -2.12. The van der Waals surface area contributed by atoms with Gasteiger partial charge in [-0.1, -0.05) is 18.2 Å². The molecule has 1 aromatic heterocycles. The van der Waals surface area contributed by atoms with Crippen LogP contribution >= 0.6 is 0 Å². The van der Waals surface area contributed by atoms with Gasteiger partial charge in [0.05, 0.1) is 6.20 Å². The second-order valence-electron chi connectivity index (χ2n) is 5.11. The van der Waals surface area contributed by atoms with Gasteiger partial charge in [-0.3, -0.25) is 4.68 Å². The topological polar surface area (TPSA) is 29.9 Å². The number of nitrogens with zero attached hydrogens (tertiary/aromatic N) is 2. The molecule has 1 fully saturated rings. The van der Waals surface area contributed by atoms with Crippen molar-refractivity contribution in [3.05, 3.63) is 42.0 Å². The first-order valence-corrected chi connectivity index (χ1v) is 6.75. The van der Waals surface area contributed by atoms with E-state index in [0.717, 1.165) is 24.2 Å². The van der Waals surface area contributed by atoms with Gasteiger partial charge < -0.3 is 5.32 Å². The van der Waals surface area contributed by atoms with Crippen molar-refractivity contribution in [2.45, 2.75) is 25.3 Å². The van der Waals surface area contributed by atoms with Gasteiger partial charge in [-0.25, -0.2) is 4.39 Å². The molecule has 0 aliphatic carbocycles. The third-order valence-corrected chi connectivity index (χ3v) is 3.83. The van der Waals surface area contributed by atoms with Crippen molar-refractivity contribution >= 4 is 0 Å². The van der Waals surface area contributed by atoms with Crippen LogP contribution in [0.2, 0.25) is 0 Å². The van der Waals surface area contributed by atoms with Crippen molar-refractivity contribution in [3.63, 3.8) is 0 Å². The van der Waals surface area contributed by atoms with Gasteiger partial charge in [0.2, 0.25) is 0 Å². The summed E-state index contributed by atoms with van der Waals surface area (Å²) in [4.78, 5) is 0. The minimum Gasteiger partial charge on any atom is -0.314 e. The van der Waals surface area contributed by atoms with Gasteiger partial charge in [0.1, 0.15) is 5.82 Å². The second kappa shape index (κ2) is 5.13. The quantitative estimate of drug-likeness (QED) is 0.918. The summed E-state index contributed by atoms with van der Waals surface area (Å²) < 4.78 is 15.8. The summed E-state index contributed by atoms with van der Waals surface area (Å²) in [5.74, 6) is -0.184. The summed E-state index contributed by atoms with van der Waals surface area (Å²) in [6.07, 6.45) is 5.07. The highest BCUT2D eigenvalue weighted by molar-refractivity contribution is 5.66. The van der Waals surface area contributed by atoms with Crippen LogP contribution in [-0.2, 0) is 13.5 Å². The molecule has 2 heterocycles. The van der Waals surface area contributed by atoms with Crippen LogP contribution in [0.15, 0.2) is 30.5 Å². The molecule has 3 rings (SSSR count). The standard InChI is InChI=1S/C15H18FN3/c1-19-15(9-11-5-4-8-17-11)13(10-18-19)12-6-2-3-7-14(12)16/h2-3,6-7,10-11,17H,4-5,8-9H2,1H3. The van der Waals surface area contributed by atoms with E-state index in [9.17, 15) is 4.39 Å². The Kier molecular flexibility index (Phi) is 3.34. The van der Waals surface area contributed by atoms with Gasteiger partial charge in [0.25, 0.3) is 0 Å². The van der Waals surface area contributed by atoms with Crippen molar-refractivity contribution in [1.82, 2.24) is 15.1 Å². The van der Waals surface area contributed by atoms with Crippen molar-refractivity contribution < 1.29 is 4.39 Å². The molecule has 1 aromatic carbocycles. The summed E-state index contributed by atoms with van der Waals surface area (Å²) in [6, 6.07) is 7.38. The van der Waals surface area contributed by atoms with E-state index >= 15 is 0 Å². The summed E-state index contributed by atoms with van der Waals surface area (Å²) in [6.45, 7) is 1.08. The minimum atomic E-state index is -0.184. The van der Waals surface area contributed by atoms with Crippen molar-refractivity contribution in [2.24, 2.45) is 7.05 Å². The fraction of sp³-hybridized carbons (Fsp3) is 0.400. The molecule has 4 heteroatoms. The van der Waals surface area contributed by atoms with E-state index in [1.54, 1.807) is 12.3 Å². The molecule has 1 saturated heterocycles. The van der Waals surface area contributed by atoms with E-state index in [1.807, 2.05) is 23.9 Å². The zero-order valence-electron chi connectivity index (χ0n) is 11.1. The molecule has 19 heavy (non-hydrogen) atoms. The monoisotopic (exact) mass is 259 g/mol. The molecule has 0 saturated carbocycles. The average molecular weight is 259 g/mol. The van der Waals surface area contributed by atoms with Crippen molar-refractivity contribution in [1.29, 1.82) is 0 Å². The number of aromatic nitrogens is 2. The molecular formula is C15H18FN3. The highest BCUT2D eigenvalue weighted by Gasteiger charge is 2.20. The highest BCUT2D eigenvalue weighted by Crippen LogP contribution is 2.27. The Balaban J connectivity index is 1.96. The Morgan fingerprint density at radius 1 is 1.37 bits per heavy atom. The Labute approximate surface area is 112 Å². The molecular weight excluding hydrogens is 241 g/mol. The smallest absolute Gasteiger partial charge is 0.131 e. The van der Waals surface area contributed by atoms with Crippen LogP contribution in [0.5, 0.6) is 0 Å².